The first-order valence-corrected chi connectivity index (χ1v) is 12.3. The molecule has 0 saturated carbocycles. The quantitative estimate of drug-likeness (QED) is 0.406. The van der Waals surface area contributed by atoms with Gasteiger partial charge < -0.3 is 4.74 Å². The van der Waals surface area contributed by atoms with Gasteiger partial charge in [0, 0.05) is 14.5 Å². The minimum absolute atomic E-state index is 0.148. The summed E-state index contributed by atoms with van der Waals surface area (Å²) in [6.07, 6.45) is 5.86. The van der Waals surface area contributed by atoms with Crippen molar-refractivity contribution < 1.29 is 14.3 Å². The predicted molar refractivity (Wildman–Crippen MR) is 98.5 cm³/mol. The average Bonchev–Trinajstić information content (AvgIpc) is 2.92. The van der Waals surface area contributed by atoms with Crippen molar-refractivity contribution in [2.24, 2.45) is 0 Å². The third-order valence-electron chi connectivity index (χ3n) is 3.98. The molecule has 0 aromatic heterocycles. The molecule has 1 fully saturated rings. The Bertz CT molecular complexity index is 592. The molecule has 5 heteroatoms. The lowest BCUT2D eigenvalue weighted by molar-refractivity contribution is -0.129. The highest BCUT2D eigenvalue weighted by molar-refractivity contribution is 6.76. The van der Waals surface area contributed by atoms with E-state index in [0.29, 0.717) is 6.42 Å². The number of cyclic esters (lactones) is 1. The summed E-state index contributed by atoms with van der Waals surface area (Å²) in [5, 5.41) is 0. The number of rotatable bonds is 7. The molecule has 1 aromatic rings. The van der Waals surface area contributed by atoms with Crippen molar-refractivity contribution in [1.82, 2.24) is 4.90 Å². The fraction of sp³-hybridized carbons (Fsp3) is 0.474. The number of ether oxygens (including phenoxy) is 1. The lowest BCUT2D eigenvalue weighted by atomic mass is 10.1. The zero-order chi connectivity index (χ0) is 17.6. The molecule has 1 aromatic carbocycles. The fourth-order valence-corrected chi connectivity index (χ4v) is 3.54. The van der Waals surface area contributed by atoms with Crippen LogP contribution in [0.3, 0.4) is 0 Å². The molecule has 130 valence electrons. The first kappa shape index (κ1) is 18.5. The standard InChI is InChI=1S/C19H27NO3Si/c1-24(2,3)14-10-5-4-9-13-18(21)20-17(15-23-19(20)22)16-11-7-6-8-12-16/h5-8,10-12,17H,4,9,13-15H2,1-3H3/b10-5+/t17-/m0/s1. The van der Waals surface area contributed by atoms with Crippen molar-refractivity contribution in [2.75, 3.05) is 6.61 Å². The maximum Gasteiger partial charge on any atom is 0.417 e. The lowest BCUT2D eigenvalue weighted by Gasteiger charge is -2.19. The minimum Gasteiger partial charge on any atom is -0.446 e. The molecule has 1 saturated heterocycles. The molecular formula is C19H27NO3Si. The Morgan fingerprint density at radius 2 is 1.96 bits per heavy atom. The summed E-state index contributed by atoms with van der Waals surface area (Å²) in [4.78, 5) is 25.6. The highest BCUT2D eigenvalue weighted by Crippen LogP contribution is 2.28. The number of carbonyl (C=O) groups excluding carboxylic acids is 2. The Kier molecular flexibility index (Phi) is 6.37. The molecule has 2 amide bonds. The van der Waals surface area contributed by atoms with Gasteiger partial charge in [-0.05, 0) is 24.4 Å². The summed E-state index contributed by atoms with van der Waals surface area (Å²) >= 11 is 0. The SMILES string of the molecule is C[Si](C)(C)C/C=C/CCCC(=O)N1C(=O)OC[C@H]1c1ccccc1. The van der Waals surface area contributed by atoms with Crippen LogP contribution in [0.25, 0.3) is 0 Å². The molecule has 24 heavy (non-hydrogen) atoms. The van der Waals surface area contributed by atoms with Crippen molar-refractivity contribution in [1.29, 1.82) is 0 Å². The third-order valence-corrected chi connectivity index (χ3v) is 5.44. The predicted octanol–water partition coefficient (Wildman–Crippen LogP) is 4.77. The van der Waals surface area contributed by atoms with E-state index in [1.54, 1.807) is 0 Å². The molecule has 0 bridgehead atoms. The van der Waals surface area contributed by atoms with Gasteiger partial charge in [-0.25, -0.2) is 9.69 Å². The number of nitrogens with zero attached hydrogens (tertiary/aromatic N) is 1. The van der Waals surface area contributed by atoms with Gasteiger partial charge in [0.15, 0.2) is 0 Å². The number of hydrogen-bond acceptors (Lipinski definition) is 3. The number of amides is 2. The summed E-state index contributed by atoms with van der Waals surface area (Å²) in [5.74, 6) is -0.148. The van der Waals surface area contributed by atoms with E-state index in [4.69, 9.17) is 4.74 Å². The van der Waals surface area contributed by atoms with Gasteiger partial charge in [0.1, 0.15) is 12.6 Å². The molecule has 0 N–H and O–H groups in total. The van der Waals surface area contributed by atoms with Crippen LogP contribution in [0.4, 0.5) is 4.79 Å². The van der Waals surface area contributed by atoms with Crippen molar-refractivity contribution in [3.05, 3.63) is 48.0 Å². The molecule has 0 unspecified atom stereocenters. The number of unbranched alkanes of at least 4 members (excludes halogenated alkanes) is 1. The fourth-order valence-electron chi connectivity index (χ4n) is 2.66. The highest BCUT2D eigenvalue weighted by Gasteiger charge is 2.38. The Hall–Kier alpha value is -1.88. The molecule has 1 atom stereocenters. The van der Waals surface area contributed by atoms with Gasteiger partial charge in [0.05, 0.1) is 0 Å². The minimum atomic E-state index is -1.04. The Morgan fingerprint density at radius 1 is 1.25 bits per heavy atom. The number of carbonyl (C=O) groups is 2. The zero-order valence-corrected chi connectivity index (χ0v) is 15.8. The van der Waals surface area contributed by atoms with Crippen LogP contribution in [-0.4, -0.2) is 31.6 Å². The number of imide groups is 1. The average molecular weight is 346 g/mol. The van der Waals surface area contributed by atoms with Crippen LogP contribution in [0.2, 0.25) is 25.7 Å². The van der Waals surface area contributed by atoms with E-state index in [1.807, 2.05) is 30.3 Å². The van der Waals surface area contributed by atoms with Crippen LogP contribution in [0.5, 0.6) is 0 Å². The molecule has 1 heterocycles. The van der Waals surface area contributed by atoms with Crippen LogP contribution >= 0.6 is 0 Å². The van der Waals surface area contributed by atoms with Crippen LogP contribution in [0.1, 0.15) is 30.9 Å². The summed E-state index contributed by atoms with van der Waals surface area (Å²) in [7, 11) is -1.04. The Labute approximate surface area is 145 Å². The highest BCUT2D eigenvalue weighted by atomic mass is 28.3. The largest absolute Gasteiger partial charge is 0.446 e. The van der Waals surface area contributed by atoms with Crippen LogP contribution in [-0.2, 0) is 9.53 Å². The second-order valence-corrected chi connectivity index (χ2v) is 12.9. The molecule has 2 rings (SSSR count). The molecule has 0 aliphatic carbocycles. The molecule has 4 nitrogen and oxygen atoms in total. The summed E-state index contributed by atoms with van der Waals surface area (Å²) < 4.78 is 5.09. The lowest BCUT2D eigenvalue weighted by Crippen LogP contribution is -2.33. The van der Waals surface area contributed by atoms with E-state index >= 15 is 0 Å². The van der Waals surface area contributed by atoms with E-state index < -0.39 is 14.2 Å². The zero-order valence-electron chi connectivity index (χ0n) is 14.8. The summed E-state index contributed by atoms with van der Waals surface area (Å²) in [6, 6.07) is 10.4. The van der Waals surface area contributed by atoms with Gasteiger partial charge in [-0.1, -0.05) is 62.1 Å². The van der Waals surface area contributed by atoms with Crippen LogP contribution < -0.4 is 0 Å². The molecule has 1 aliphatic rings. The molecular weight excluding hydrogens is 318 g/mol. The number of allylic oxidation sites excluding steroid dienone is 2. The van der Waals surface area contributed by atoms with Crippen molar-refractivity contribution in [3.8, 4) is 0 Å². The monoisotopic (exact) mass is 345 g/mol. The first-order chi connectivity index (χ1) is 11.4. The maximum atomic E-state index is 12.4. The van der Waals surface area contributed by atoms with Gasteiger partial charge in [-0.15, -0.1) is 0 Å². The van der Waals surface area contributed by atoms with E-state index in [-0.39, 0.29) is 18.6 Å². The number of benzene rings is 1. The second-order valence-electron chi connectivity index (χ2n) is 7.40. The van der Waals surface area contributed by atoms with Crippen molar-refractivity contribution in [2.45, 2.75) is 51.0 Å². The number of hydrogen-bond donors (Lipinski definition) is 0. The molecule has 1 aliphatic heterocycles. The molecule has 0 spiro atoms. The van der Waals surface area contributed by atoms with Crippen molar-refractivity contribution >= 4 is 20.1 Å². The van der Waals surface area contributed by atoms with Crippen LogP contribution in [0, 0.1) is 0 Å². The maximum absolute atomic E-state index is 12.4. The smallest absolute Gasteiger partial charge is 0.417 e. The van der Waals surface area contributed by atoms with Crippen LogP contribution in [0.15, 0.2) is 42.5 Å². The van der Waals surface area contributed by atoms with Crippen molar-refractivity contribution in [3.63, 3.8) is 0 Å². The van der Waals surface area contributed by atoms with Gasteiger partial charge in [0.25, 0.3) is 0 Å². The Balaban J connectivity index is 1.85. The van der Waals surface area contributed by atoms with Gasteiger partial charge in [-0.3, -0.25) is 4.79 Å². The van der Waals surface area contributed by atoms with E-state index in [9.17, 15) is 9.59 Å². The van der Waals surface area contributed by atoms with Gasteiger partial charge in [0.2, 0.25) is 5.91 Å². The summed E-state index contributed by atoms with van der Waals surface area (Å²) in [5.41, 5.74) is 0.937. The van der Waals surface area contributed by atoms with Gasteiger partial charge in [-0.2, -0.15) is 0 Å². The second kappa shape index (κ2) is 8.28. The summed E-state index contributed by atoms with van der Waals surface area (Å²) in [6.45, 7) is 7.25. The van der Waals surface area contributed by atoms with E-state index in [1.165, 1.54) is 4.90 Å². The van der Waals surface area contributed by atoms with Gasteiger partial charge >= 0.3 is 6.09 Å². The molecule has 0 radical (unpaired) electrons. The topological polar surface area (TPSA) is 46.6 Å². The van der Waals surface area contributed by atoms with E-state index in [0.717, 1.165) is 24.4 Å². The normalized spacial score (nSPS) is 18.2. The Morgan fingerprint density at radius 3 is 2.62 bits per heavy atom. The first-order valence-electron chi connectivity index (χ1n) is 8.57. The van der Waals surface area contributed by atoms with E-state index in [2.05, 4.69) is 31.8 Å². The third kappa shape index (κ3) is 5.34.